The van der Waals surface area contributed by atoms with Crippen LogP contribution in [0.3, 0.4) is 0 Å². The van der Waals surface area contributed by atoms with E-state index >= 15 is 0 Å². The van der Waals surface area contributed by atoms with Crippen molar-refractivity contribution in [2.24, 2.45) is 0 Å². The summed E-state index contributed by atoms with van der Waals surface area (Å²) in [6.07, 6.45) is 2.73. The monoisotopic (exact) mass is 317 g/mol. The Hall–Kier alpha value is -2.44. The molecule has 2 rings (SSSR count). The number of hydrogen-bond donors (Lipinski definition) is 2. The van der Waals surface area contributed by atoms with Gasteiger partial charge in [0.15, 0.2) is 5.78 Å². The minimum atomic E-state index is -0.103. The highest BCUT2D eigenvalue weighted by molar-refractivity contribution is 5.96. The van der Waals surface area contributed by atoms with Crippen molar-refractivity contribution in [3.8, 4) is 0 Å². The number of amides is 1. The Morgan fingerprint density at radius 3 is 2.70 bits per heavy atom. The maximum Gasteiger partial charge on any atom is 0.222 e. The molecule has 1 amide bonds. The maximum absolute atomic E-state index is 12.0. The second kappa shape index (κ2) is 7.21. The Kier molecular flexibility index (Phi) is 5.31. The lowest BCUT2D eigenvalue weighted by molar-refractivity contribution is -0.121. The molecule has 0 spiro atoms. The molecule has 0 aliphatic heterocycles. The van der Waals surface area contributed by atoms with E-state index in [2.05, 4.69) is 20.6 Å². The normalized spacial score (nSPS) is 12.2. The van der Waals surface area contributed by atoms with Crippen molar-refractivity contribution in [2.75, 3.05) is 6.54 Å². The lowest BCUT2D eigenvalue weighted by Gasteiger charge is -2.14. The lowest BCUT2D eigenvalue weighted by Crippen LogP contribution is -2.28. The van der Waals surface area contributed by atoms with Crippen molar-refractivity contribution in [3.63, 3.8) is 0 Å². The van der Waals surface area contributed by atoms with E-state index in [0.29, 0.717) is 30.6 Å². The Morgan fingerprint density at radius 1 is 1.39 bits per heavy atom. The molecule has 0 aliphatic carbocycles. The average Bonchev–Trinajstić information content (AvgIpc) is 3.06. The number of carbonyl (C=O) groups is 2. The molecule has 23 heavy (non-hydrogen) atoms. The van der Waals surface area contributed by atoms with Gasteiger partial charge in [-0.2, -0.15) is 10.2 Å². The van der Waals surface area contributed by atoms with Crippen LogP contribution in [0.5, 0.6) is 0 Å². The van der Waals surface area contributed by atoms with Crippen LogP contribution >= 0.6 is 0 Å². The van der Waals surface area contributed by atoms with Crippen LogP contribution < -0.4 is 5.32 Å². The fourth-order valence-corrected chi connectivity index (χ4v) is 2.79. The van der Waals surface area contributed by atoms with E-state index < -0.39 is 0 Å². The van der Waals surface area contributed by atoms with Crippen LogP contribution in [0.2, 0.25) is 0 Å². The fourth-order valence-electron chi connectivity index (χ4n) is 2.79. The van der Waals surface area contributed by atoms with Crippen LogP contribution in [0.1, 0.15) is 53.7 Å². The van der Waals surface area contributed by atoms with E-state index in [1.165, 1.54) is 6.92 Å². The molecule has 124 valence electrons. The highest BCUT2D eigenvalue weighted by Crippen LogP contribution is 2.19. The first-order valence-corrected chi connectivity index (χ1v) is 7.71. The molecule has 2 N–H and O–H groups in total. The molecule has 0 aromatic carbocycles. The van der Waals surface area contributed by atoms with Gasteiger partial charge in [-0.3, -0.25) is 19.4 Å². The van der Waals surface area contributed by atoms with Crippen molar-refractivity contribution in [1.82, 2.24) is 25.3 Å². The number of nitrogens with zero attached hydrogens (tertiary/aromatic N) is 3. The summed E-state index contributed by atoms with van der Waals surface area (Å²) in [4.78, 5) is 23.7. The quantitative estimate of drug-likeness (QED) is 0.761. The van der Waals surface area contributed by atoms with Crippen molar-refractivity contribution in [3.05, 3.63) is 34.9 Å². The molecule has 0 saturated carbocycles. The van der Waals surface area contributed by atoms with Crippen LogP contribution in [0, 0.1) is 13.8 Å². The number of rotatable bonds is 7. The smallest absolute Gasteiger partial charge is 0.222 e. The first-order valence-electron chi connectivity index (χ1n) is 7.71. The van der Waals surface area contributed by atoms with E-state index in [0.717, 1.165) is 11.4 Å². The van der Waals surface area contributed by atoms with Gasteiger partial charge in [-0.05, 0) is 33.8 Å². The minimum absolute atomic E-state index is 0.00228. The maximum atomic E-state index is 12.0. The minimum Gasteiger partial charge on any atom is -0.356 e. The third kappa shape index (κ3) is 4.06. The second-order valence-electron chi connectivity index (χ2n) is 5.78. The summed E-state index contributed by atoms with van der Waals surface area (Å²) in [5.41, 5.74) is 3.16. The van der Waals surface area contributed by atoms with E-state index in [-0.39, 0.29) is 17.7 Å². The number of nitrogens with one attached hydrogen (secondary N) is 2. The molecule has 2 aromatic heterocycles. The molecule has 2 heterocycles. The van der Waals surface area contributed by atoms with Gasteiger partial charge in [0.05, 0.1) is 17.3 Å². The zero-order valence-electron chi connectivity index (χ0n) is 14.0. The van der Waals surface area contributed by atoms with Crippen LogP contribution in [-0.2, 0) is 11.2 Å². The molecular formula is C16H23N5O2. The standard InChI is InChI=1S/C16H23N5O2/c1-10(21-12(3)16(13(4)22)11(2)20-21)9-15(23)17-7-5-14-6-8-18-19-14/h6,8,10H,5,7,9H2,1-4H3,(H,17,23)(H,18,19)/t10-/m0/s1. The van der Waals surface area contributed by atoms with Gasteiger partial charge in [0.1, 0.15) is 0 Å². The van der Waals surface area contributed by atoms with Crippen molar-refractivity contribution < 1.29 is 9.59 Å². The molecule has 0 bridgehead atoms. The summed E-state index contributed by atoms with van der Waals surface area (Å²) < 4.78 is 1.76. The number of carbonyl (C=O) groups excluding carboxylic acids is 2. The molecule has 7 nitrogen and oxygen atoms in total. The SMILES string of the molecule is CC(=O)c1c(C)nn([C@@H](C)CC(=O)NCCc2ccn[nH]2)c1C. The molecule has 7 heteroatoms. The van der Waals surface area contributed by atoms with Crippen LogP contribution in [0.4, 0.5) is 0 Å². The van der Waals surface area contributed by atoms with Gasteiger partial charge >= 0.3 is 0 Å². The predicted molar refractivity (Wildman–Crippen MR) is 86.3 cm³/mol. The molecular weight excluding hydrogens is 294 g/mol. The second-order valence-corrected chi connectivity index (χ2v) is 5.78. The third-order valence-electron chi connectivity index (χ3n) is 3.85. The number of hydrogen-bond acceptors (Lipinski definition) is 4. The van der Waals surface area contributed by atoms with Crippen LogP contribution in [-0.4, -0.2) is 38.2 Å². The Morgan fingerprint density at radius 2 is 2.13 bits per heavy atom. The number of aromatic amines is 1. The summed E-state index contributed by atoms with van der Waals surface area (Å²) >= 11 is 0. The van der Waals surface area contributed by atoms with Gasteiger partial charge in [-0.1, -0.05) is 0 Å². The molecule has 0 unspecified atom stereocenters. The summed E-state index contributed by atoms with van der Waals surface area (Å²) in [6.45, 7) is 7.70. The molecule has 2 aromatic rings. The summed E-state index contributed by atoms with van der Waals surface area (Å²) in [7, 11) is 0. The molecule has 0 radical (unpaired) electrons. The molecule has 0 fully saturated rings. The highest BCUT2D eigenvalue weighted by atomic mass is 16.1. The largest absolute Gasteiger partial charge is 0.356 e. The van der Waals surface area contributed by atoms with E-state index in [1.807, 2.05) is 26.8 Å². The molecule has 1 atom stereocenters. The number of ketones is 1. The molecule has 0 saturated heterocycles. The van der Waals surface area contributed by atoms with Gasteiger partial charge in [-0.15, -0.1) is 0 Å². The first-order chi connectivity index (χ1) is 10.9. The zero-order valence-corrected chi connectivity index (χ0v) is 14.0. The Balaban J connectivity index is 1.91. The Labute approximate surface area is 135 Å². The summed E-state index contributed by atoms with van der Waals surface area (Å²) in [6, 6.07) is 1.78. The van der Waals surface area contributed by atoms with Crippen LogP contribution in [0.25, 0.3) is 0 Å². The number of H-pyrrole nitrogens is 1. The topological polar surface area (TPSA) is 92.7 Å². The van der Waals surface area contributed by atoms with Gasteiger partial charge in [0, 0.05) is 37.0 Å². The van der Waals surface area contributed by atoms with Crippen molar-refractivity contribution in [1.29, 1.82) is 0 Å². The predicted octanol–water partition coefficient (Wildman–Crippen LogP) is 1.74. The lowest BCUT2D eigenvalue weighted by atomic mass is 10.1. The zero-order chi connectivity index (χ0) is 17.0. The average molecular weight is 317 g/mol. The van der Waals surface area contributed by atoms with Crippen molar-refractivity contribution >= 4 is 11.7 Å². The summed E-state index contributed by atoms with van der Waals surface area (Å²) in [5, 5.41) is 14.0. The van der Waals surface area contributed by atoms with Gasteiger partial charge < -0.3 is 5.32 Å². The number of Topliss-reactive ketones (excluding diaryl/α,β-unsaturated/α-hetero) is 1. The number of aryl methyl sites for hydroxylation is 1. The van der Waals surface area contributed by atoms with E-state index in [4.69, 9.17) is 0 Å². The highest BCUT2D eigenvalue weighted by Gasteiger charge is 2.20. The van der Waals surface area contributed by atoms with Gasteiger partial charge in [0.25, 0.3) is 0 Å². The van der Waals surface area contributed by atoms with Crippen molar-refractivity contribution in [2.45, 2.75) is 46.6 Å². The van der Waals surface area contributed by atoms with Gasteiger partial charge in [0.2, 0.25) is 5.91 Å². The number of aromatic nitrogens is 4. The van der Waals surface area contributed by atoms with Gasteiger partial charge in [-0.25, -0.2) is 0 Å². The van der Waals surface area contributed by atoms with E-state index in [1.54, 1.807) is 10.9 Å². The third-order valence-corrected chi connectivity index (χ3v) is 3.85. The van der Waals surface area contributed by atoms with E-state index in [9.17, 15) is 9.59 Å². The fraction of sp³-hybridized carbons (Fsp3) is 0.500. The first kappa shape index (κ1) is 16.9. The van der Waals surface area contributed by atoms with Crippen LogP contribution in [0.15, 0.2) is 12.3 Å². The summed E-state index contributed by atoms with van der Waals surface area (Å²) in [5.74, 6) is -0.0311. The Bertz CT molecular complexity index is 688. The molecule has 0 aliphatic rings.